The summed E-state index contributed by atoms with van der Waals surface area (Å²) < 4.78 is 4.75. The van der Waals surface area contributed by atoms with Crippen molar-refractivity contribution in [3.05, 3.63) is 52.3 Å². The zero-order valence-electron chi connectivity index (χ0n) is 10.0. The third-order valence-electron chi connectivity index (χ3n) is 2.44. The Bertz CT molecular complexity index is 654. The summed E-state index contributed by atoms with van der Waals surface area (Å²) in [7, 11) is -1.66. The van der Waals surface area contributed by atoms with E-state index >= 15 is 0 Å². The van der Waals surface area contributed by atoms with Gasteiger partial charge in [-0.2, -0.15) is 0 Å². The number of hydrogen-bond donors (Lipinski definition) is 3. The quantitative estimate of drug-likeness (QED) is 0.413. The number of amides is 1. The Morgan fingerprint density at radius 3 is 2.65 bits per heavy atom. The number of furan rings is 1. The Kier molecular flexibility index (Phi) is 3.82. The lowest BCUT2D eigenvalue weighted by molar-refractivity contribution is -0.402. The average molecular weight is 276 g/mol. The highest BCUT2D eigenvalue weighted by Crippen LogP contribution is 2.17. The van der Waals surface area contributed by atoms with Crippen molar-refractivity contribution in [1.29, 1.82) is 0 Å². The fraction of sp³-hybridized carbons (Fsp3) is 0. The van der Waals surface area contributed by atoms with Gasteiger partial charge in [0.25, 0.3) is 5.91 Å². The molecule has 1 aromatic carbocycles. The van der Waals surface area contributed by atoms with E-state index in [1.54, 1.807) is 0 Å². The number of carbonyl (C=O) groups excluding carboxylic acids is 1. The molecule has 0 radical (unpaired) electrons. The summed E-state index contributed by atoms with van der Waals surface area (Å²) in [4.78, 5) is 21.5. The Labute approximate surface area is 112 Å². The van der Waals surface area contributed by atoms with E-state index in [4.69, 9.17) is 14.5 Å². The maximum Gasteiger partial charge on any atom is 0.488 e. The van der Waals surface area contributed by atoms with E-state index in [9.17, 15) is 14.9 Å². The van der Waals surface area contributed by atoms with Gasteiger partial charge < -0.3 is 19.8 Å². The molecule has 0 fully saturated rings. The summed E-state index contributed by atoms with van der Waals surface area (Å²) in [6.07, 6.45) is 0. The number of hydrogen-bond acceptors (Lipinski definition) is 6. The van der Waals surface area contributed by atoms with Gasteiger partial charge >= 0.3 is 13.0 Å². The number of nitrogens with zero attached hydrogens (tertiary/aromatic N) is 1. The average Bonchev–Trinajstić information content (AvgIpc) is 2.88. The Balaban J connectivity index is 2.14. The molecule has 2 aromatic rings. The molecule has 0 spiro atoms. The molecular weight excluding hydrogens is 267 g/mol. The van der Waals surface area contributed by atoms with E-state index in [1.807, 2.05) is 0 Å². The molecule has 0 aliphatic carbocycles. The molecule has 1 aromatic heterocycles. The molecule has 0 aliphatic rings. The van der Waals surface area contributed by atoms with Crippen molar-refractivity contribution < 1.29 is 24.2 Å². The number of nitro groups is 1. The molecule has 1 heterocycles. The van der Waals surface area contributed by atoms with Gasteiger partial charge in [-0.1, -0.05) is 12.1 Å². The van der Waals surface area contributed by atoms with E-state index in [1.165, 1.54) is 30.3 Å². The van der Waals surface area contributed by atoms with Crippen LogP contribution < -0.4 is 10.8 Å². The fourth-order valence-electron chi connectivity index (χ4n) is 1.52. The number of rotatable bonds is 4. The van der Waals surface area contributed by atoms with Crippen molar-refractivity contribution in [1.82, 2.24) is 0 Å². The molecule has 0 atom stereocenters. The molecule has 0 bridgehead atoms. The second-order valence-electron chi connectivity index (χ2n) is 3.85. The number of benzene rings is 1. The standard InChI is InChI=1S/C11H9BN2O6/c15-11(9-4-5-10(20-9)14(18)19)13-8-3-1-2-7(6-8)12(16)17/h1-6,16-17H,(H,13,15). The van der Waals surface area contributed by atoms with Crippen LogP contribution in [0.5, 0.6) is 0 Å². The highest BCUT2D eigenvalue weighted by Gasteiger charge is 2.18. The largest absolute Gasteiger partial charge is 0.488 e. The minimum absolute atomic E-state index is 0.202. The fourth-order valence-corrected chi connectivity index (χ4v) is 1.52. The third kappa shape index (κ3) is 3.02. The first-order valence-corrected chi connectivity index (χ1v) is 5.49. The van der Waals surface area contributed by atoms with Gasteiger partial charge in [0, 0.05) is 5.69 Å². The summed E-state index contributed by atoms with van der Waals surface area (Å²) >= 11 is 0. The monoisotopic (exact) mass is 276 g/mol. The normalized spacial score (nSPS) is 10.1. The molecule has 102 valence electrons. The van der Waals surface area contributed by atoms with Crippen LogP contribution in [-0.4, -0.2) is 28.0 Å². The zero-order valence-corrected chi connectivity index (χ0v) is 10.0. The lowest BCUT2D eigenvalue weighted by atomic mass is 9.80. The van der Waals surface area contributed by atoms with Gasteiger partial charge in [0.1, 0.15) is 4.92 Å². The second-order valence-corrected chi connectivity index (χ2v) is 3.85. The predicted octanol–water partition coefficient (Wildman–Crippen LogP) is 0.120. The molecule has 0 aliphatic heterocycles. The van der Waals surface area contributed by atoms with E-state index in [-0.39, 0.29) is 11.2 Å². The smallest absolute Gasteiger partial charge is 0.423 e. The first-order chi connectivity index (χ1) is 9.47. The molecule has 0 saturated carbocycles. The van der Waals surface area contributed by atoms with Gasteiger partial charge in [-0.3, -0.25) is 14.9 Å². The van der Waals surface area contributed by atoms with Crippen molar-refractivity contribution in [3.63, 3.8) is 0 Å². The SMILES string of the molecule is O=C(Nc1cccc(B(O)O)c1)c1ccc([N+](=O)[O-])o1. The van der Waals surface area contributed by atoms with Crippen molar-refractivity contribution in [3.8, 4) is 0 Å². The van der Waals surface area contributed by atoms with Crippen LogP contribution in [0.3, 0.4) is 0 Å². The van der Waals surface area contributed by atoms with E-state index in [2.05, 4.69) is 5.32 Å². The van der Waals surface area contributed by atoms with Gasteiger partial charge in [-0.15, -0.1) is 0 Å². The molecule has 0 unspecified atom stereocenters. The summed E-state index contributed by atoms with van der Waals surface area (Å²) in [5, 5.41) is 30.9. The maximum absolute atomic E-state index is 11.8. The van der Waals surface area contributed by atoms with Crippen LogP contribution in [0, 0.1) is 10.1 Å². The topological polar surface area (TPSA) is 126 Å². The molecule has 2 rings (SSSR count). The van der Waals surface area contributed by atoms with Gasteiger partial charge in [0.15, 0.2) is 5.76 Å². The van der Waals surface area contributed by atoms with Gasteiger partial charge in [0.2, 0.25) is 0 Å². The first kappa shape index (κ1) is 13.8. The van der Waals surface area contributed by atoms with Crippen LogP contribution in [-0.2, 0) is 0 Å². The van der Waals surface area contributed by atoms with E-state index < -0.39 is 23.8 Å². The number of anilines is 1. The van der Waals surface area contributed by atoms with Crippen molar-refractivity contribution >= 4 is 30.1 Å². The summed E-state index contributed by atoms with van der Waals surface area (Å²) in [6, 6.07) is 8.13. The van der Waals surface area contributed by atoms with Crippen LogP contribution in [0.2, 0.25) is 0 Å². The summed E-state index contributed by atoms with van der Waals surface area (Å²) in [5.41, 5.74) is 0.507. The Hall–Kier alpha value is -2.65. The molecule has 1 amide bonds. The molecule has 8 nitrogen and oxygen atoms in total. The summed E-state index contributed by atoms with van der Waals surface area (Å²) in [6.45, 7) is 0. The van der Waals surface area contributed by atoms with E-state index in [0.717, 1.165) is 6.07 Å². The van der Waals surface area contributed by atoms with Crippen molar-refractivity contribution in [2.45, 2.75) is 0 Å². The highest BCUT2D eigenvalue weighted by atomic mass is 16.6. The minimum atomic E-state index is -1.66. The van der Waals surface area contributed by atoms with Crippen molar-refractivity contribution in [2.24, 2.45) is 0 Å². The van der Waals surface area contributed by atoms with Crippen LogP contribution in [0.1, 0.15) is 10.6 Å². The molecular formula is C11H9BN2O6. The lowest BCUT2D eigenvalue weighted by Crippen LogP contribution is -2.30. The lowest BCUT2D eigenvalue weighted by Gasteiger charge is -2.05. The van der Waals surface area contributed by atoms with E-state index in [0.29, 0.717) is 5.69 Å². The summed E-state index contributed by atoms with van der Waals surface area (Å²) in [5.74, 6) is -1.43. The van der Waals surface area contributed by atoms with Crippen LogP contribution in [0.15, 0.2) is 40.8 Å². The highest BCUT2D eigenvalue weighted by molar-refractivity contribution is 6.58. The second kappa shape index (κ2) is 5.55. The first-order valence-electron chi connectivity index (χ1n) is 5.49. The molecule has 20 heavy (non-hydrogen) atoms. The molecule has 9 heteroatoms. The number of carbonyl (C=O) groups is 1. The Morgan fingerprint density at radius 2 is 2.05 bits per heavy atom. The maximum atomic E-state index is 11.8. The molecule has 3 N–H and O–H groups in total. The van der Waals surface area contributed by atoms with Crippen LogP contribution in [0.25, 0.3) is 0 Å². The number of nitrogens with one attached hydrogen (secondary N) is 1. The van der Waals surface area contributed by atoms with Crippen LogP contribution in [0.4, 0.5) is 11.6 Å². The molecule has 0 saturated heterocycles. The minimum Gasteiger partial charge on any atom is -0.423 e. The third-order valence-corrected chi connectivity index (χ3v) is 2.44. The Morgan fingerprint density at radius 1 is 1.30 bits per heavy atom. The van der Waals surface area contributed by atoms with Gasteiger partial charge in [-0.25, -0.2) is 0 Å². The van der Waals surface area contributed by atoms with Gasteiger partial charge in [0.05, 0.1) is 6.07 Å². The van der Waals surface area contributed by atoms with Crippen LogP contribution >= 0.6 is 0 Å². The van der Waals surface area contributed by atoms with Crippen molar-refractivity contribution in [2.75, 3.05) is 5.32 Å². The predicted molar refractivity (Wildman–Crippen MR) is 69.6 cm³/mol. The van der Waals surface area contributed by atoms with Gasteiger partial charge in [-0.05, 0) is 23.7 Å². The zero-order chi connectivity index (χ0) is 14.7.